The fourth-order valence-corrected chi connectivity index (χ4v) is 0.896. The van der Waals surface area contributed by atoms with Crippen molar-refractivity contribution < 1.29 is 4.92 Å². The zero-order valence-corrected chi connectivity index (χ0v) is 6.31. The van der Waals surface area contributed by atoms with E-state index in [9.17, 15) is 10.1 Å². The Morgan fingerprint density at radius 1 is 1.82 bits per heavy atom. The molecular formula is C6H8N3O2. The van der Waals surface area contributed by atoms with Gasteiger partial charge in [-0.25, -0.2) is 9.55 Å². The van der Waals surface area contributed by atoms with Gasteiger partial charge in [0.05, 0.1) is 0 Å². The van der Waals surface area contributed by atoms with Crippen LogP contribution >= 0.6 is 0 Å². The summed E-state index contributed by atoms with van der Waals surface area (Å²) in [5.41, 5.74) is 0. The van der Waals surface area contributed by atoms with E-state index in [2.05, 4.69) is 4.98 Å². The summed E-state index contributed by atoms with van der Waals surface area (Å²) < 4.78 is 1.43. The number of rotatable bonds is 2. The highest BCUT2D eigenvalue weighted by atomic mass is 16.6. The van der Waals surface area contributed by atoms with Crippen molar-refractivity contribution in [2.45, 2.75) is 13.8 Å². The summed E-state index contributed by atoms with van der Waals surface area (Å²) in [6.07, 6.45) is 1.25. The molecule has 1 aromatic rings. The van der Waals surface area contributed by atoms with Crippen LogP contribution < -0.4 is 0 Å². The molecule has 1 rings (SSSR count). The molecule has 1 radical (unpaired) electrons. The van der Waals surface area contributed by atoms with Crippen molar-refractivity contribution in [1.29, 1.82) is 0 Å². The van der Waals surface area contributed by atoms with Gasteiger partial charge in [-0.1, -0.05) is 0 Å². The second-order valence-corrected chi connectivity index (χ2v) is 2.05. The first-order chi connectivity index (χ1) is 5.16. The highest BCUT2D eigenvalue weighted by molar-refractivity contribution is 5.20. The van der Waals surface area contributed by atoms with Crippen molar-refractivity contribution in [2.75, 3.05) is 0 Å². The standard InChI is InChI=1S/C6H8N3O2/c1-3-8-5(2)7-4-6(8)9(10)11/h3-4H,1-2H3. The lowest BCUT2D eigenvalue weighted by atomic mass is 10.6. The molecule has 1 heterocycles. The van der Waals surface area contributed by atoms with Crippen LogP contribution in [-0.2, 0) is 0 Å². The largest absolute Gasteiger partial charge is 0.358 e. The van der Waals surface area contributed by atoms with Crippen LogP contribution in [-0.4, -0.2) is 14.5 Å². The van der Waals surface area contributed by atoms with E-state index in [1.807, 2.05) is 0 Å². The molecule has 59 valence electrons. The molecule has 0 amide bonds. The number of hydrogen-bond donors (Lipinski definition) is 0. The van der Waals surface area contributed by atoms with Crippen LogP contribution in [0.5, 0.6) is 0 Å². The Morgan fingerprint density at radius 2 is 2.45 bits per heavy atom. The Kier molecular flexibility index (Phi) is 1.89. The van der Waals surface area contributed by atoms with Gasteiger partial charge < -0.3 is 10.1 Å². The molecule has 0 aliphatic carbocycles. The quantitative estimate of drug-likeness (QED) is 0.473. The van der Waals surface area contributed by atoms with Gasteiger partial charge in [-0.05, 0) is 11.8 Å². The maximum Gasteiger partial charge on any atom is 0.343 e. The van der Waals surface area contributed by atoms with Crippen molar-refractivity contribution >= 4 is 5.82 Å². The molecule has 0 saturated carbocycles. The van der Waals surface area contributed by atoms with Crippen molar-refractivity contribution in [2.24, 2.45) is 0 Å². The number of nitro groups is 1. The summed E-state index contributed by atoms with van der Waals surface area (Å²) in [6.45, 7) is 5.05. The van der Waals surface area contributed by atoms with Crippen LogP contribution in [0.25, 0.3) is 0 Å². The number of nitrogens with zero attached hydrogens (tertiary/aromatic N) is 3. The predicted molar refractivity (Wildman–Crippen MR) is 39.0 cm³/mol. The van der Waals surface area contributed by atoms with Crippen LogP contribution in [0.2, 0.25) is 0 Å². The summed E-state index contributed by atoms with van der Waals surface area (Å²) >= 11 is 0. The third-order valence-corrected chi connectivity index (χ3v) is 1.41. The Labute approximate surface area is 63.8 Å². The lowest BCUT2D eigenvalue weighted by molar-refractivity contribution is -0.391. The van der Waals surface area contributed by atoms with Gasteiger partial charge in [-0.15, -0.1) is 0 Å². The maximum absolute atomic E-state index is 10.3. The number of imidazole rings is 1. The molecule has 11 heavy (non-hydrogen) atoms. The Balaban J connectivity index is 3.15. The molecule has 0 N–H and O–H groups in total. The molecular weight excluding hydrogens is 146 g/mol. The molecule has 0 bridgehead atoms. The zero-order valence-electron chi connectivity index (χ0n) is 6.31. The monoisotopic (exact) mass is 154 g/mol. The molecule has 0 aliphatic heterocycles. The summed E-state index contributed by atoms with van der Waals surface area (Å²) in [5, 5.41) is 10.3. The van der Waals surface area contributed by atoms with Crippen molar-refractivity contribution in [3.63, 3.8) is 0 Å². The molecule has 0 saturated heterocycles. The average Bonchev–Trinajstić information content (AvgIpc) is 2.30. The van der Waals surface area contributed by atoms with Crippen LogP contribution in [0.15, 0.2) is 6.20 Å². The van der Waals surface area contributed by atoms with Crippen LogP contribution in [0.1, 0.15) is 12.7 Å². The molecule has 5 heteroatoms. The van der Waals surface area contributed by atoms with Crippen LogP contribution in [0, 0.1) is 23.6 Å². The molecule has 0 atom stereocenters. The average molecular weight is 154 g/mol. The van der Waals surface area contributed by atoms with Gasteiger partial charge in [0.1, 0.15) is 12.7 Å². The summed E-state index contributed by atoms with van der Waals surface area (Å²) in [6, 6.07) is 0. The molecule has 0 aliphatic rings. The first-order valence-electron chi connectivity index (χ1n) is 3.14. The first kappa shape index (κ1) is 7.71. The van der Waals surface area contributed by atoms with Crippen molar-refractivity contribution in [1.82, 2.24) is 9.55 Å². The number of hydrogen-bond acceptors (Lipinski definition) is 3. The van der Waals surface area contributed by atoms with E-state index in [0.29, 0.717) is 5.82 Å². The SMILES string of the molecule is C[CH]n1c([N+](=O)[O-])cnc1C. The van der Waals surface area contributed by atoms with Gasteiger partial charge >= 0.3 is 5.82 Å². The minimum Gasteiger partial charge on any atom is -0.358 e. The number of aryl methyl sites for hydroxylation is 1. The van der Waals surface area contributed by atoms with Gasteiger partial charge in [0.2, 0.25) is 0 Å². The fraction of sp³-hybridized carbons (Fsp3) is 0.333. The smallest absolute Gasteiger partial charge is 0.343 e. The Morgan fingerprint density at radius 3 is 2.82 bits per heavy atom. The van der Waals surface area contributed by atoms with E-state index in [-0.39, 0.29) is 5.82 Å². The first-order valence-corrected chi connectivity index (χ1v) is 3.14. The minimum absolute atomic E-state index is 0.00463. The zero-order chi connectivity index (χ0) is 8.43. The lowest BCUT2D eigenvalue weighted by Gasteiger charge is -1.95. The van der Waals surface area contributed by atoms with Crippen molar-refractivity contribution in [3.8, 4) is 0 Å². The lowest BCUT2D eigenvalue weighted by Crippen LogP contribution is -2.00. The predicted octanol–water partition coefficient (Wildman–Crippen LogP) is 1.13. The van der Waals surface area contributed by atoms with E-state index >= 15 is 0 Å². The Bertz CT molecular complexity index is 279. The van der Waals surface area contributed by atoms with Gasteiger partial charge in [-0.2, -0.15) is 0 Å². The normalized spacial score (nSPS) is 10.0. The van der Waals surface area contributed by atoms with E-state index in [1.165, 1.54) is 10.8 Å². The molecule has 0 spiro atoms. The molecule has 1 aromatic heterocycles. The minimum atomic E-state index is -0.458. The van der Waals surface area contributed by atoms with E-state index in [1.54, 1.807) is 20.4 Å². The fourth-order valence-electron chi connectivity index (χ4n) is 0.896. The molecule has 0 aromatic carbocycles. The number of aromatic nitrogens is 2. The topological polar surface area (TPSA) is 61.0 Å². The third kappa shape index (κ3) is 1.21. The van der Waals surface area contributed by atoms with Gasteiger partial charge in [0, 0.05) is 6.92 Å². The van der Waals surface area contributed by atoms with E-state index in [0.717, 1.165) is 0 Å². The van der Waals surface area contributed by atoms with Gasteiger partial charge in [0.15, 0.2) is 5.82 Å². The summed E-state index contributed by atoms with van der Waals surface area (Å²) in [5.74, 6) is 0.629. The highest BCUT2D eigenvalue weighted by Crippen LogP contribution is 2.13. The third-order valence-electron chi connectivity index (χ3n) is 1.41. The second kappa shape index (κ2) is 2.69. The van der Waals surface area contributed by atoms with Crippen molar-refractivity contribution in [3.05, 3.63) is 28.7 Å². The Hall–Kier alpha value is -1.39. The summed E-state index contributed by atoms with van der Waals surface area (Å²) in [4.78, 5) is 13.7. The molecule has 0 fully saturated rings. The van der Waals surface area contributed by atoms with Gasteiger partial charge in [0.25, 0.3) is 0 Å². The summed E-state index contributed by atoms with van der Waals surface area (Å²) in [7, 11) is 0. The maximum atomic E-state index is 10.3. The van der Waals surface area contributed by atoms with E-state index in [4.69, 9.17) is 0 Å². The van der Waals surface area contributed by atoms with Crippen LogP contribution in [0.3, 0.4) is 0 Å². The van der Waals surface area contributed by atoms with E-state index < -0.39 is 4.92 Å². The van der Waals surface area contributed by atoms with Gasteiger partial charge in [-0.3, -0.25) is 0 Å². The van der Waals surface area contributed by atoms with Crippen LogP contribution in [0.4, 0.5) is 5.82 Å². The highest BCUT2D eigenvalue weighted by Gasteiger charge is 2.14. The molecule has 0 unspecified atom stereocenters. The molecule has 5 nitrogen and oxygen atoms in total. The second-order valence-electron chi connectivity index (χ2n) is 2.05.